The van der Waals surface area contributed by atoms with Crippen LogP contribution in [-0.2, 0) is 4.79 Å². The van der Waals surface area contributed by atoms with Gasteiger partial charge in [-0.05, 0) is 38.3 Å². The minimum atomic E-state index is -0.824. The van der Waals surface area contributed by atoms with E-state index in [2.05, 4.69) is 0 Å². The normalized spacial score (nSPS) is 23.2. The standard InChI is InChI=1S/C15H19NO3/c1-11-6-3-4-7-12(11)13(17)16-9-5-8-15(2,10-16)14(18)19/h3-4,6-7H,5,8-10H2,1-2H3,(H,18,19). The van der Waals surface area contributed by atoms with Crippen molar-refractivity contribution in [3.05, 3.63) is 35.4 Å². The van der Waals surface area contributed by atoms with Crippen molar-refractivity contribution in [3.8, 4) is 0 Å². The molecular formula is C15H19NO3. The Balaban J connectivity index is 2.21. The van der Waals surface area contributed by atoms with Crippen LogP contribution in [0.1, 0.15) is 35.7 Å². The van der Waals surface area contributed by atoms with Gasteiger partial charge < -0.3 is 10.0 Å². The summed E-state index contributed by atoms with van der Waals surface area (Å²) in [6, 6.07) is 7.42. The zero-order valence-electron chi connectivity index (χ0n) is 11.3. The number of carbonyl (C=O) groups excluding carboxylic acids is 1. The van der Waals surface area contributed by atoms with Crippen molar-refractivity contribution < 1.29 is 14.7 Å². The van der Waals surface area contributed by atoms with Crippen molar-refractivity contribution in [2.45, 2.75) is 26.7 Å². The van der Waals surface area contributed by atoms with E-state index in [-0.39, 0.29) is 12.5 Å². The quantitative estimate of drug-likeness (QED) is 0.888. The SMILES string of the molecule is Cc1ccccc1C(=O)N1CCCC(C)(C(=O)O)C1. The summed E-state index contributed by atoms with van der Waals surface area (Å²) in [5, 5.41) is 9.28. The van der Waals surface area contributed by atoms with Gasteiger partial charge in [-0.25, -0.2) is 0 Å². The second-order valence-corrected chi connectivity index (χ2v) is 5.51. The molecule has 19 heavy (non-hydrogen) atoms. The molecule has 0 spiro atoms. The smallest absolute Gasteiger partial charge is 0.311 e. The van der Waals surface area contributed by atoms with Gasteiger partial charge in [0.25, 0.3) is 5.91 Å². The maximum atomic E-state index is 12.5. The van der Waals surface area contributed by atoms with E-state index in [4.69, 9.17) is 0 Å². The lowest BCUT2D eigenvalue weighted by Gasteiger charge is -2.37. The number of piperidine rings is 1. The van der Waals surface area contributed by atoms with Crippen LogP contribution >= 0.6 is 0 Å². The van der Waals surface area contributed by atoms with Crippen LogP contribution in [0.2, 0.25) is 0 Å². The fourth-order valence-corrected chi connectivity index (χ4v) is 2.57. The molecule has 1 fully saturated rings. The Labute approximate surface area is 113 Å². The molecule has 1 saturated heterocycles. The molecule has 1 heterocycles. The molecule has 0 aromatic heterocycles. The molecule has 0 saturated carbocycles. The number of aryl methyl sites for hydroxylation is 1. The van der Waals surface area contributed by atoms with E-state index in [0.29, 0.717) is 18.5 Å². The highest BCUT2D eigenvalue weighted by Crippen LogP contribution is 2.30. The van der Waals surface area contributed by atoms with Crippen molar-refractivity contribution in [3.63, 3.8) is 0 Å². The second kappa shape index (κ2) is 5.03. The van der Waals surface area contributed by atoms with Gasteiger partial charge in [0.1, 0.15) is 0 Å². The maximum Gasteiger partial charge on any atom is 0.311 e. The maximum absolute atomic E-state index is 12.5. The van der Waals surface area contributed by atoms with Gasteiger partial charge in [0.15, 0.2) is 0 Å². The van der Waals surface area contributed by atoms with Gasteiger partial charge in [-0.1, -0.05) is 18.2 Å². The van der Waals surface area contributed by atoms with Crippen LogP contribution in [0.3, 0.4) is 0 Å². The Kier molecular flexibility index (Phi) is 3.60. The van der Waals surface area contributed by atoms with Crippen LogP contribution in [-0.4, -0.2) is 35.0 Å². The number of amides is 1. The van der Waals surface area contributed by atoms with Crippen LogP contribution in [0.15, 0.2) is 24.3 Å². The number of benzene rings is 1. The molecule has 1 N–H and O–H groups in total. The molecule has 1 aliphatic rings. The summed E-state index contributed by atoms with van der Waals surface area (Å²) < 4.78 is 0. The molecule has 4 nitrogen and oxygen atoms in total. The number of carboxylic acids is 1. The molecule has 1 aromatic rings. The zero-order chi connectivity index (χ0) is 14.0. The summed E-state index contributed by atoms with van der Waals surface area (Å²) in [4.78, 5) is 25.4. The van der Waals surface area contributed by atoms with E-state index < -0.39 is 11.4 Å². The number of nitrogens with zero attached hydrogens (tertiary/aromatic N) is 1. The van der Waals surface area contributed by atoms with Crippen LogP contribution in [0.25, 0.3) is 0 Å². The van der Waals surface area contributed by atoms with Gasteiger partial charge in [0.2, 0.25) is 0 Å². The third-order valence-corrected chi connectivity index (χ3v) is 3.88. The number of carbonyl (C=O) groups is 2. The lowest BCUT2D eigenvalue weighted by atomic mass is 9.82. The van der Waals surface area contributed by atoms with Crippen molar-refractivity contribution in [2.24, 2.45) is 5.41 Å². The topological polar surface area (TPSA) is 57.6 Å². The summed E-state index contributed by atoms with van der Waals surface area (Å²) >= 11 is 0. The first kappa shape index (κ1) is 13.6. The largest absolute Gasteiger partial charge is 0.481 e. The van der Waals surface area contributed by atoms with Gasteiger partial charge in [-0.15, -0.1) is 0 Å². The number of aliphatic carboxylic acids is 1. The van der Waals surface area contributed by atoms with Gasteiger partial charge >= 0.3 is 5.97 Å². The Hall–Kier alpha value is -1.84. The number of hydrogen-bond donors (Lipinski definition) is 1. The molecule has 102 valence electrons. The third-order valence-electron chi connectivity index (χ3n) is 3.88. The molecule has 2 rings (SSSR count). The molecule has 4 heteroatoms. The Bertz CT molecular complexity index is 512. The monoisotopic (exact) mass is 261 g/mol. The second-order valence-electron chi connectivity index (χ2n) is 5.51. The zero-order valence-corrected chi connectivity index (χ0v) is 11.3. The van der Waals surface area contributed by atoms with Crippen molar-refractivity contribution in [1.29, 1.82) is 0 Å². The van der Waals surface area contributed by atoms with Crippen molar-refractivity contribution in [2.75, 3.05) is 13.1 Å². The van der Waals surface area contributed by atoms with Crippen molar-refractivity contribution >= 4 is 11.9 Å². The Morgan fingerprint density at radius 2 is 2.00 bits per heavy atom. The highest BCUT2D eigenvalue weighted by atomic mass is 16.4. The van der Waals surface area contributed by atoms with Crippen molar-refractivity contribution in [1.82, 2.24) is 4.90 Å². The molecule has 1 aliphatic heterocycles. The molecule has 1 aromatic carbocycles. The molecule has 0 radical (unpaired) electrons. The Morgan fingerprint density at radius 3 is 2.63 bits per heavy atom. The molecule has 0 bridgehead atoms. The van der Waals surface area contributed by atoms with Crippen LogP contribution < -0.4 is 0 Å². The summed E-state index contributed by atoms with van der Waals surface area (Å²) in [5.74, 6) is -0.889. The number of carboxylic acid groups (broad SMARTS) is 1. The van der Waals surface area contributed by atoms with Crippen LogP contribution in [0.4, 0.5) is 0 Å². The van der Waals surface area contributed by atoms with E-state index >= 15 is 0 Å². The molecule has 0 aliphatic carbocycles. The van der Waals surface area contributed by atoms with Crippen LogP contribution in [0.5, 0.6) is 0 Å². The van der Waals surface area contributed by atoms with Gasteiger partial charge in [-0.2, -0.15) is 0 Å². The fourth-order valence-electron chi connectivity index (χ4n) is 2.57. The highest BCUT2D eigenvalue weighted by Gasteiger charge is 2.39. The van der Waals surface area contributed by atoms with E-state index in [1.165, 1.54) is 0 Å². The van der Waals surface area contributed by atoms with Gasteiger partial charge in [0, 0.05) is 18.7 Å². The number of likely N-dealkylation sites (tertiary alicyclic amines) is 1. The third kappa shape index (κ3) is 2.62. The van der Waals surface area contributed by atoms with E-state index in [1.807, 2.05) is 25.1 Å². The summed E-state index contributed by atoms with van der Waals surface area (Å²) in [7, 11) is 0. The van der Waals surface area contributed by atoms with Gasteiger partial charge in [-0.3, -0.25) is 9.59 Å². The lowest BCUT2D eigenvalue weighted by Crippen LogP contribution is -2.48. The average molecular weight is 261 g/mol. The number of hydrogen-bond acceptors (Lipinski definition) is 2. The first-order valence-electron chi connectivity index (χ1n) is 6.52. The Morgan fingerprint density at radius 1 is 1.32 bits per heavy atom. The van der Waals surface area contributed by atoms with Gasteiger partial charge in [0.05, 0.1) is 5.41 Å². The van der Waals surface area contributed by atoms with E-state index in [1.54, 1.807) is 17.9 Å². The molecule has 1 amide bonds. The lowest BCUT2D eigenvalue weighted by molar-refractivity contribution is -0.150. The summed E-state index contributed by atoms with van der Waals surface area (Å²) in [6.45, 7) is 4.53. The van der Waals surface area contributed by atoms with E-state index in [0.717, 1.165) is 12.0 Å². The highest BCUT2D eigenvalue weighted by molar-refractivity contribution is 5.96. The van der Waals surface area contributed by atoms with E-state index in [9.17, 15) is 14.7 Å². The predicted molar refractivity (Wildman–Crippen MR) is 72.1 cm³/mol. The molecule has 1 atom stereocenters. The fraction of sp³-hybridized carbons (Fsp3) is 0.467. The first-order valence-corrected chi connectivity index (χ1v) is 6.52. The summed E-state index contributed by atoms with van der Waals surface area (Å²) in [5.41, 5.74) is 0.767. The average Bonchev–Trinajstić information content (AvgIpc) is 2.38. The minimum Gasteiger partial charge on any atom is -0.481 e. The minimum absolute atomic E-state index is 0.0646. The first-order chi connectivity index (χ1) is 8.94. The predicted octanol–water partition coefficient (Wildman–Crippen LogP) is 2.32. The van der Waals surface area contributed by atoms with Crippen LogP contribution in [0, 0.1) is 12.3 Å². The molecular weight excluding hydrogens is 242 g/mol. The summed E-state index contributed by atoms with van der Waals surface area (Å²) in [6.07, 6.45) is 1.36. The number of rotatable bonds is 2. The molecule has 1 unspecified atom stereocenters.